The van der Waals surface area contributed by atoms with Crippen LogP contribution in [0.3, 0.4) is 0 Å². The van der Waals surface area contributed by atoms with Gasteiger partial charge in [0, 0.05) is 12.6 Å². The summed E-state index contributed by atoms with van der Waals surface area (Å²) in [6, 6.07) is 3.05. The fourth-order valence-corrected chi connectivity index (χ4v) is 1.57. The monoisotopic (exact) mass is 320 g/mol. The summed E-state index contributed by atoms with van der Waals surface area (Å²) in [5.41, 5.74) is 8.18. The lowest BCUT2D eigenvalue weighted by Crippen LogP contribution is -2.03. The Bertz CT molecular complexity index is 384. The van der Waals surface area contributed by atoms with Crippen molar-refractivity contribution >= 4 is 34.0 Å². The van der Waals surface area contributed by atoms with E-state index < -0.39 is 0 Å². The zero-order valence-corrected chi connectivity index (χ0v) is 10.9. The topological polar surface area (TPSA) is 38.0 Å². The quantitative estimate of drug-likeness (QED) is 0.509. The molecule has 15 heavy (non-hydrogen) atoms. The average molecular weight is 320 g/mol. The summed E-state index contributed by atoms with van der Waals surface area (Å²) >= 11 is 1.92. The summed E-state index contributed by atoms with van der Waals surface area (Å²) in [5.74, 6) is -0.246. The highest BCUT2D eigenvalue weighted by molar-refractivity contribution is 14.1. The Morgan fingerprint density at radius 3 is 2.80 bits per heavy atom. The van der Waals surface area contributed by atoms with Crippen molar-refractivity contribution in [3.8, 4) is 0 Å². The molecule has 0 amide bonds. The van der Waals surface area contributed by atoms with Gasteiger partial charge in [0.1, 0.15) is 5.82 Å². The van der Waals surface area contributed by atoms with E-state index in [1.165, 1.54) is 11.6 Å². The summed E-state index contributed by atoms with van der Waals surface area (Å²) in [7, 11) is 0. The highest BCUT2D eigenvalue weighted by atomic mass is 127. The number of nitrogens with two attached hydrogens (primary N) is 1. The lowest BCUT2D eigenvalue weighted by atomic mass is 10.2. The zero-order valence-electron chi connectivity index (χ0n) is 8.77. The molecule has 0 saturated heterocycles. The van der Waals surface area contributed by atoms with E-state index in [1.807, 2.05) is 42.5 Å². The van der Waals surface area contributed by atoms with E-state index in [-0.39, 0.29) is 5.82 Å². The molecule has 0 aliphatic heterocycles. The Morgan fingerprint density at radius 1 is 1.53 bits per heavy atom. The summed E-state index contributed by atoms with van der Waals surface area (Å²) in [5, 5.41) is 3.07. The second-order valence-electron chi connectivity index (χ2n) is 3.52. The number of benzene rings is 1. The van der Waals surface area contributed by atoms with E-state index in [1.54, 1.807) is 6.07 Å². The van der Waals surface area contributed by atoms with Crippen molar-refractivity contribution in [1.82, 2.24) is 0 Å². The predicted molar refractivity (Wildman–Crippen MR) is 71.5 cm³/mol. The van der Waals surface area contributed by atoms with Crippen molar-refractivity contribution in [3.05, 3.63) is 33.2 Å². The van der Waals surface area contributed by atoms with Gasteiger partial charge in [-0.1, -0.05) is 11.6 Å². The standard InChI is InChI=1S/C11H14FIN2/c1-7(2)3-4-15-11-5-8(12)9(13)6-10(11)14/h3,5-6,15H,4,14H2,1-2H3. The summed E-state index contributed by atoms with van der Waals surface area (Å²) in [6.07, 6.45) is 2.02. The number of nitrogen functional groups attached to an aromatic ring is 1. The first-order chi connectivity index (χ1) is 7.00. The molecular formula is C11H14FIN2. The van der Waals surface area contributed by atoms with Crippen LogP contribution in [0.25, 0.3) is 0 Å². The molecule has 0 spiro atoms. The second kappa shape index (κ2) is 5.34. The van der Waals surface area contributed by atoms with Crippen LogP contribution in [0.1, 0.15) is 13.8 Å². The lowest BCUT2D eigenvalue weighted by molar-refractivity contribution is 0.621. The third-order valence-corrected chi connectivity index (χ3v) is 2.72. The number of allylic oxidation sites excluding steroid dienone is 1. The molecule has 0 aliphatic carbocycles. The Labute approximate surface area is 103 Å². The van der Waals surface area contributed by atoms with E-state index >= 15 is 0 Å². The summed E-state index contributed by atoms with van der Waals surface area (Å²) < 4.78 is 13.8. The second-order valence-corrected chi connectivity index (χ2v) is 4.68. The minimum absolute atomic E-state index is 0.246. The first-order valence-corrected chi connectivity index (χ1v) is 5.70. The van der Waals surface area contributed by atoms with Gasteiger partial charge in [0.2, 0.25) is 0 Å². The molecule has 0 radical (unpaired) electrons. The molecule has 82 valence electrons. The Balaban J connectivity index is 2.77. The molecule has 0 aliphatic rings. The minimum atomic E-state index is -0.246. The van der Waals surface area contributed by atoms with E-state index in [9.17, 15) is 4.39 Å². The van der Waals surface area contributed by atoms with Crippen LogP contribution in [-0.4, -0.2) is 6.54 Å². The minimum Gasteiger partial charge on any atom is -0.397 e. The number of nitrogens with one attached hydrogen (secondary N) is 1. The van der Waals surface area contributed by atoms with Crippen molar-refractivity contribution in [2.45, 2.75) is 13.8 Å². The third-order valence-electron chi connectivity index (χ3n) is 1.90. The molecule has 0 fully saturated rings. The molecule has 0 heterocycles. The number of rotatable bonds is 3. The zero-order chi connectivity index (χ0) is 11.4. The van der Waals surface area contributed by atoms with E-state index in [0.29, 0.717) is 21.5 Å². The van der Waals surface area contributed by atoms with Gasteiger partial charge < -0.3 is 11.1 Å². The molecule has 1 aromatic rings. The Kier molecular flexibility index (Phi) is 4.38. The van der Waals surface area contributed by atoms with Crippen molar-refractivity contribution in [2.24, 2.45) is 0 Å². The molecule has 0 aromatic heterocycles. The van der Waals surface area contributed by atoms with Crippen molar-refractivity contribution < 1.29 is 4.39 Å². The van der Waals surface area contributed by atoms with E-state index in [4.69, 9.17) is 5.73 Å². The van der Waals surface area contributed by atoms with Gasteiger partial charge in [-0.05, 0) is 42.5 Å². The lowest BCUT2D eigenvalue weighted by Gasteiger charge is -2.08. The van der Waals surface area contributed by atoms with Crippen molar-refractivity contribution in [2.75, 3.05) is 17.6 Å². The molecular weight excluding hydrogens is 306 g/mol. The van der Waals surface area contributed by atoms with Gasteiger partial charge >= 0.3 is 0 Å². The Hall–Kier alpha value is -0.780. The smallest absolute Gasteiger partial charge is 0.138 e. The fraction of sp³-hybridized carbons (Fsp3) is 0.273. The molecule has 1 aromatic carbocycles. The van der Waals surface area contributed by atoms with Crippen LogP contribution in [0.15, 0.2) is 23.8 Å². The van der Waals surface area contributed by atoms with Crippen LogP contribution < -0.4 is 11.1 Å². The third kappa shape index (κ3) is 3.70. The highest BCUT2D eigenvalue weighted by Crippen LogP contribution is 2.23. The largest absolute Gasteiger partial charge is 0.397 e. The van der Waals surface area contributed by atoms with Crippen LogP contribution in [0.2, 0.25) is 0 Å². The van der Waals surface area contributed by atoms with Crippen LogP contribution in [0.4, 0.5) is 15.8 Å². The first-order valence-electron chi connectivity index (χ1n) is 4.62. The highest BCUT2D eigenvalue weighted by Gasteiger charge is 2.04. The van der Waals surface area contributed by atoms with E-state index in [0.717, 1.165) is 0 Å². The predicted octanol–water partition coefficient (Wildman–Crippen LogP) is 3.39. The maximum Gasteiger partial charge on any atom is 0.138 e. The molecule has 0 bridgehead atoms. The number of halogens is 2. The van der Waals surface area contributed by atoms with Crippen LogP contribution in [-0.2, 0) is 0 Å². The van der Waals surface area contributed by atoms with E-state index in [2.05, 4.69) is 5.32 Å². The Morgan fingerprint density at radius 2 is 2.20 bits per heavy atom. The molecule has 3 N–H and O–H groups in total. The fourth-order valence-electron chi connectivity index (χ4n) is 1.08. The number of anilines is 2. The molecule has 2 nitrogen and oxygen atoms in total. The molecule has 0 saturated carbocycles. The van der Waals surface area contributed by atoms with Gasteiger partial charge in [0.05, 0.1) is 14.9 Å². The number of hydrogen-bond acceptors (Lipinski definition) is 2. The molecule has 0 unspecified atom stereocenters. The van der Waals surface area contributed by atoms with Crippen molar-refractivity contribution in [1.29, 1.82) is 0 Å². The molecule has 1 rings (SSSR count). The van der Waals surface area contributed by atoms with Gasteiger partial charge in [0.15, 0.2) is 0 Å². The SMILES string of the molecule is CC(C)=CCNc1cc(F)c(I)cc1N. The normalized spacial score (nSPS) is 9.87. The van der Waals surface area contributed by atoms with Gasteiger partial charge in [-0.3, -0.25) is 0 Å². The van der Waals surface area contributed by atoms with Gasteiger partial charge in [-0.25, -0.2) is 4.39 Å². The molecule has 0 atom stereocenters. The number of hydrogen-bond donors (Lipinski definition) is 2. The van der Waals surface area contributed by atoms with Crippen LogP contribution in [0.5, 0.6) is 0 Å². The average Bonchev–Trinajstić information content (AvgIpc) is 2.13. The summed E-state index contributed by atoms with van der Waals surface area (Å²) in [4.78, 5) is 0. The van der Waals surface area contributed by atoms with Gasteiger partial charge in [0.25, 0.3) is 0 Å². The summed E-state index contributed by atoms with van der Waals surface area (Å²) in [6.45, 7) is 4.69. The van der Waals surface area contributed by atoms with Gasteiger partial charge in [-0.15, -0.1) is 0 Å². The van der Waals surface area contributed by atoms with Crippen LogP contribution in [0, 0.1) is 9.39 Å². The van der Waals surface area contributed by atoms with Gasteiger partial charge in [-0.2, -0.15) is 0 Å². The van der Waals surface area contributed by atoms with Crippen LogP contribution >= 0.6 is 22.6 Å². The first kappa shape index (κ1) is 12.3. The maximum absolute atomic E-state index is 13.2. The van der Waals surface area contributed by atoms with Crippen molar-refractivity contribution in [3.63, 3.8) is 0 Å². The maximum atomic E-state index is 13.2. The molecule has 4 heteroatoms.